The second-order valence-electron chi connectivity index (χ2n) is 11.9. The Bertz CT molecular complexity index is 1410. The van der Waals surface area contributed by atoms with Gasteiger partial charge >= 0.3 is 0 Å². The monoisotopic (exact) mass is 644 g/mol. The van der Waals surface area contributed by atoms with Gasteiger partial charge in [-0.1, -0.05) is 234 Å². The molecule has 0 amide bonds. The van der Waals surface area contributed by atoms with E-state index in [0.717, 1.165) is 0 Å². The molecule has 46 heavy (non-hydrogen) atoms. The van der Waals surface area contributed by atoms with Crippen molar-refractivity contribution in [1.82, 2.24) is 4.90 Å². The van der Waals surface area contributed by atoms with Gasteiger partial charge in [-0.15, -0.1) is 0 Å². The summed E-state index contributed by atoms with van der Waals surface area (Å²) in [4.78, 5) is 2.98. The molecule has 4 heteroatoms. The zero-order valence-corrected chi connectivity index (χ0v) is 30.0. The van der Waals surface area contributed by atoms with Crippen LogP contribution in [-0.2, 0) is 0 Å². The fourth-order valence-corrected chi connectivity index (χ4v) is 17.0. The second-order valence-corrected chi connectivity index (χ2v) is 20.4. The van der Waals surface area contributed by atoms with Gasteiger partial charge in [-0.25, -0.2) is 0 Å². The summed E-state index contributed by atoms with van der Waals surface area (Å²) in [5.41, 5.74) is 0.999. The van der Waals surface area contributed by atoms with Crippen molar-refractivity contribution < 1.29 is 0 Å². The molecule has 0 aromatic heterocycles. The molecule has 0 aliphatic carbocycles. The molecule has 0 aliphatic rings. The van der Waals surface area contributed by atoms with E-state index in [9.17, 15) is 0 Å². The van der Waals surface area contributed by atoms with Crippen LogP contribution in [0.2, 0.25) is 0 Å². The van der Waals surface area contributed by atoms with Gasteiger partial charge in [-0.05, 0) is 0 Å². The van der Waals surface area contributed by atoms with E-state index in [4.69, 9.17) is 0 Å². The highest BCUT2D eigenvalue weighted by atomic mass is 28.3. The molecule has 3 unspecified atom stereocenters. The van der Waals surface area contributed by atoms with Crippen molar-refractivity contribution in [3.05, 3.63) is 182 Å². The van der Waals surface area contributed by atoms with Crippen LogP contribution < -0.4 is 31.1 Å². The van der Waals surface area contributed by atoms with Crippen LogP contribution in [0.5, 0.6) is 0 Å². The standard InChI is InChI=1S/C42H42NSi3/c1-34(44(37-22-10-4-11-23-37)38-24-12-5-13-25-38)43(35(2)45(39-26-14-6-15-27-39)40-28-16-7-17-29-40)36(3)46(41-30-18-8-19-31-41)42-32-20-9-21-33-42/h4-36H,1-3H3. The highest BCUT2D eigenvalue weighted by Crippen LogP contribution is 2.20. The summed E-state index contributed by atoms with van der Waals surface area (Å²) >= 11 is 0. The van der Waals surface area contributed by atoms with Gasteiger partial charge in [-0.2, -0.15) is 0 Å². The van der Waals surface area contributed by atoms with Crippen molar-refractivity contribution in [2.24, 2.45) is 0 Å². The molecule has 227 valence electrons. The molecule has 6 aromatic rings. The summed E-state index contributed by atoms with van der Waals surface area (Å²) in [6.45, 7) is 7.60. The van der Waals surface area contributed by atoms with Gasteiger partial charge in [0.1, 0.15) is 26.4 Å². The maximum absolute atomic E-state index is 2.98. The number of hydrogen-bond acceptors (Lipinski definition) is 1. The Labute approximate surface area is 281 Å². The largest absolute Gasteiger partial charge is 0.302 e. The van der Waals surface area contributed by atoms with Crippen LogP contribution in [0.4, 0.5) is 0 Å². The van der Waals surface area contributed by atoms with Gasteiger partial charge in [0.15, 0.2) is 0 Å². The highest BCUT2D eigenvalue weighted by Gasteiger charge is 2.42. The van der Waals surface area contributed by atoms with Crippen LogP contribution in [0, 0.1) is 0 Å². The van der Waals surface area contributed by atoms with Crippen LogP contribution in [-0.4, -0.2) is 48.3 Å². The normalized spacial score (nSPS) is 13.6. The molecule has 0 bridgehead atoms. The fraction of sp³-hybridized carbons (Fsp3) is 0.143. The number of hydrogen-bond donors (Lipinski definition) is 0. The minimum atomic E-state index is -1.20. The number of benzene rings is 6. The fourth-order valence-electron chi connectivity index (χ4n) is 7.11. The SMILES string of the molecule is CC(N(C(C)[Si](c1ccccc1)c1ccccc1)C(C)[Si](c1ccccc1)c1ccccc1)[Si](c1ccccc1)c1ccccc1. The Balaban J connectivity index is 1.55. The van der Waals surface area contributed by atoms with Crippen LogP contribution >= 0.6 is 0 Å². The first-order valence-electron chi connectivity index (χ1n) is 16.3. The third-order valence-electron chi connectivity index (χ3n) is 9.10. The van der Waals surface area contributed by atoms with Crippen molar-refractivity contribution in [3.63, 3.8) is 0 Å². The lowest BCUT2D eigenvalue weighted by molar-refractivity contribution is 0.228. The Morgan fingerprint density at radius 1 is 0.283 bits per heavy atom. The average molecular weight is 645 g/mol. The maximum Gasteiger partial charge on any atom is 0.139 e. The summed E-state index contributed by atoms with van der Waals surface area (Å²) in [5.74, 6) is 0. The zero-order chi connectivity index (χ0) is 31.7. The van der Waals surface area contributed by atoms with Gasteiger partial charge in [0, 0.05) is 17.0 Å². The minimum absolute atomic E-state index is 0.333. The van der Waals surface area contributed by atoms with Crippen molar-refractivity contribution in [1.29, 1.82) is 0 Å². The predicted octanol–water partition coefficient (Wildman–Crippen LogP) is 5.00. The van der Waals surface area contributed by atoms with Crippen LogP contribution in [0.3, 0.4) is 0 Å². The molecule has 0 aliphatic heterocycles. The maximum atomic E-state index is 2.98. The molecule has 3 radical (unpaired) electrons. The van der Waals surface area contributed by atoms with E-state index >= 15 is 0 Å². The topological polar surface area (TPSA) is 3.24 Å². The van der Waals surface area contributed by atoms with Crippen LogP contribution in [0.1, 0.15) is 20.8 Å². The average Bonchev–Trinajstić information content (AvgIpc) is 3.12. The van der Waals surface area contributed by atoms with Crippen molar-refractivity contribution in [2.75, 3.05) is 0 Å². The lowest BCUT2D eigenvalue weighted by Gasteiger charge is -2.47. The van der Waals surface area contributed by atoms with E-state index in [1.54, 1.807) is 0 Å². The van der Waals surface area contributed by atoms with Gasteiger partial charge in [0.2, 0.25) is 0 Å². The molecule has 1 nitrogen and oxygen atoms in total. The Morgan fingerprint density at radius 2 is 0.435 bits per heavy atom. The molecule has 6 aromatic carbocycles. The van der Waals surface area contributed by atoms with E-state index in [2.05, 4.69) is 208 Å². The van der Waals surface area contributed by atoms with E-state index in [-0.39, 0.29) is 0 Å². The first kappa shape index (κ1) is 31.9. The molecule has 3 atom stereocenters. The molecule has 6 rings (SSSR count). The lowest BCUT2D eigenvalue weighted by atomic mass is 10.4. The van der Waals surface area contributed by atoms with E-state index in [0.29, 0.717) is 17.0 Å². The third kappa shape index (κ3) is 7.16. The lowest BCUT2D eigenvalue weighted by Crippen LogP contribution is -2.71. The summed E-state index contributed by atoms with van der Waals surface area (Å²) in [7, 11) is -3.60. The van der Waals surface area contributed by atoms with E-state index < -0.39 is 26.4 Å². The smallest absolute Gasteiger partial charge is 0.139 e. The van der Waals surface area contributed by atoms with Crippen LogP contribution in [0.25, 0.3) is 0 Å². The Hall–Kier alpha value is -4.07. The van der Waals surface area contributed by atoms with Gasteiger partial charge in [0.05, 0.1) is 0 Å². The molecular formula is C42H42NSi3. The number of nitrogens with zero attached hydrogens (tertiary/aromatic N) is 1. The van der Waals surface area contributed by atoms with Gasteiger partial charge in [-0.3, -0.25) is 0 Å². The molecule has 0 fully saturated rings. The van der Waals surface area contributed by atoms with Crippen molar-refractivity contribution in [2.45, 2.75) is 37.8 Å². The summed E-state index contributed by atoms with van der Waals surface area (Å²) in [6, 6.07) is 68.0. The van der Waals surface area contributed by atoms with Gasteiger partial charge in [0.25, 0.3) is 0 Å². The second kappa shape index (κ2) is 15.5. The highest BCUT2D eigenvalue weighted by molar-refractivity contribution is 6.89. The Kier molecular flexibility index (Phi) is 10.7. The van der Waals surface area contributed by atoms with Gasteiger partial charge < -0.3 is 4.90 Å². The van der Waals surface area contributed by atoms with E-state index in [1.165, 1.54) is 31.1 Å². The Morgan fingerprint density at radius 3 is 0.587 bits per heavy atom. The van der Waals surface area contributed by atoms with Crippen LogP contribution in [0.15, 0.2) is 182 Å². The molecule has 0 saturated carbocycles. The van der Waals surface area contributed by atoms with Crippen molar-refractivity contribution in [3.8, 4) is 0 Å². The summed E-state index contributed by atoms with van der Waals surface area (Å²) in [5, 5.41) is 8.82. The predicted molar refractivity (Wildman–Crippen MR) is 204 cm³/mol. The first-order valence-corrected chi connectivity index (χ1v) is 21.1. The summed E-state index contributed by atoms with van der Waals surface area (Å²) < 4.78 is 0. The molecule has 0 N–H and O–H groups in total. The quantitative estimate of drug-likeness (QED) is 0.170. The molecule has 0 spiro atoms. The molecule has 0 heterocycles. The minimum Gasteiger partial charge on any atom is -0.302 e. The summed E-state index contributed by atoms with van der Waals surface area (Å²) in [6.07, 6.45) is 0. The zero-order valence-electron chi connectivity index (χ0n) is 27.0. The van der Waals surface area contributed by atoms with Crippen molar-refractivity contribution >= 4 is 57.5 Å². The molecule has 0 saturated heterocycles. The van der Waals surface area contributed by atoms with E-state index in [1.807, 2.05) is 0 Å². The third-order valence-corrected chi connectivity index (χ3v) is 18.2. The molecular weight excluding hydrogens is 603 g/mol. The number of rotatable bonds is 12. The first-order chi connectivity index (χ1) is 22.6.